The number of halogens is 1. The fourth-order valence-electron chi connectivity index (χ4n) is 4.20. The number of rotatable bonds is 12. The van der Waals surface area contributed by atoms with Crippen molar-refractivity contribution in [3.8, 4) is 5.75 Å². The summed E-state index contributed by atoms with van der Waals surface area (Å²) >= 11 is 0. The van der Waals surface area contributed by atoms with Crippen LogP contribution in [0.15, 0.2) is 71.6 Å². The van der Waals surface area contributed by atoms with E-state index in [1.54, 1.807) is 50.2 Å². The molecule has 0 aliphatic heterocycles. The van der Waals surface area contributed by atoms with E-state index in [2.05, 4.69) is 5.32 Å². The van der Waals surface area contributed by atoms with Crippen LogP contribution < -0.4 is 14.4 Å². The fourth-order valence-corrected chi connectivity index (χ4v) is 5.62. The zero-order chi connectivity index (χ0) is 30.3. The fraction of sp³-hybridized carbons (Fsp3) is 0.355. The summed E-state index contributed by atoms with van der Waals surface area (Å²) in [4.78, 5) is 28.4. The second-order valence-corrected chi connectivity index (χ2v) is 12.0. The maximum absolute atomic E-state index is 14.7. The number of aryl methyl sites for hydroxylation is 2. The first-order chi connectivity index (χ1) is 19.4. The van der Waals surface area contributed by atoms with E-state index in [-0.39, 0.29) is 34.5 Å². The maximum atomic E-state index is 14.7. The van der Waals surface area contributed by atoms with Gasteiger partial charge in [0.25, 0.3) is 10.0 Å². The summed E-state index contributed by atoms with van der Waals surface area (Å²) in [6, 6.07) is 16.1. The number of hydrogen-bond donors (Lipinski definition) is 1. The zero-order valence-corrected chi connectivity index (χ0v) is 25.2. The molecule has 2 atom stereocenters. The summed E-state index contributed by atoms with van der Waals surface area (Å²) in [7, 11) is -2.85. The van der Waals surface area contributed by atoms with Crippen LogP contribution in [-0.2, 0) is 26.2 Å². The Morgan fingerprint density at radius 1 is 0.976 bits per heavy atom. The first kappa shape index (κ1) is 31.6. The second kappa shape index (κ2) is 13.6. The van der Waals surface area contributed by atoms with E-state index in [0.717, 1.165) is 15.4 Å². The third kappa shape index (κ3) is 7.64. The number of anilines is 1. The average molecular weight is 584 g/mol. The van der Waals surface area contributed by atoms with Gasteiger partial charge in [0.2, 0.25) is 11.8 Å². The Morgan fingerprint density at radius 2 is 1.61 bits per heavy atom. The van der Waals surface area contributed by atoms with E-state index in [9.17, 15) is 22.4 Å². The van der Waals surface area contributed by atoms with Crippen molar-refractivity contribution >= 4 is 27.5 Å². The van der Waals surface area contributed by atoms with Gasteiger partial charge in [-0.3, -0.25) is 13.9 Å². The van der Waals surface area contributed by atoms with Crippen molar-refractivity contribution < 1.29 is 27.1 Å². The molecule has 0 aliphatic carbocycles. The second-order valence-electron chi connectivity index (χ2n) is 10.1. The van der Waals surface area contributed by atoms with E-state index in [0.29, 0.717) is 6.42 Å². The van der Waals surface area contributed by atoms with E-state index in [1.165, 1.54) is 42.3 Å². The predicted octanol–water partition coefficient (Wildman–Crippen LogP) is 4.98. The van der Waals surface area contributed by atoms with Gasteiger partial charge in [-0.05, 0) is 70.0 Å². The monoisotopic (exact) mass is 583 g/mol. The molecule has 0 radical (unpaired) electrons. The van der Waals surface area contributed by atoms with Gasteiger partial charge < -0.3 is 15.0 Å². The number of methoxy groups -OCH3 is 1. The van der Waals surface area contributed by atoms with E-state index >= 15 is 0 Å². The molecule has 0 aliphatic rings. The largest absolute Gasteiger partial charge is 0.495 e. The molecule has 0 aromatic heterocycles. The first-order valence-corrected chi connectivity index (χ1v) is 14.9. The van der Waals surface area contributed by atoms with Crippen LogP contribution >= 0.6 is 0 Å². The van der Waals surface area contributed by atoms with Gasteiger partial charge in [0.1, 0.15) is 24.2 Å². The molecule has 220 valence electrons. The number of sulfonamides is 1. The van der Waals surface area contributed by atoms with Gasteiger partial charge in [-0.1, -0.05) is 48.9 Å². The summed E-state index contributed by atoms with van der Waals surface area (Å²) < 4.78 is 49.2. The van der Waals surface area contributed by atoms with Gasteiger partial charge in [0, 0.05) is 18.2 Å². The summed E-state index contributed by atoms with van der Waals surface area (Å²) in [5.41, 5.74) is 1.99. The lowest BCUT2D eigenvalue weighted by Gasteiger charge is -2.33. The molecule has 0 fully saturated rings. The molecule has 1 N–H and O–H groups in total. The van der Waals surface area contributed by atoms with Gasteiger partial charge in [0.05, 0.1) is 17.7 Å². The number of amides is 2. The smallest absolute Gasteiger partial charge is 0.264 e. The van der Waals surface area contributed by atoms with Crippen LogP contribution in [0.25, 0.3) is 0 Å². The molecule has 0 spiro atoms. The standard InChI is InChI=1S/C31H38FN3O5S/c1-7-23(4)33-31(37)24(5)34(19-25-10-8-9-11-27(25)32)30(36)20-35(28-18-22(3)14-17-29(28)40-6)41(38,39)26-15-12-21(2)13-16-26/h8-18,23-24H,7,19-20H2,1-6H3,(H,33,37)/t23-,24+/m0/s1. The lowest BCUT2D eigenvalue weighted by atomic mass is 10.1. The molecule has 41 heavy (non-hydrogen) atoms. The number of carbonyl (C=O) groups is 2. The van der Waals surface area contributed by atoms with E-state index in [1.807, 2.05) is 20.8 Å². The van der Waals surface area contributed by atoms with Gasteiger partial charge in [-0.2, -0.15) is 0 Å². The molecule has 8 nitrogen and oxygen atoms in total. The Bertz CT molecular complexity index is 1480. The van der Waals surface area contributed by atoms with Gasteiger partial charge >= 0.3 is 0 Å². The predicted molar refractivity (Wildman–Crippen MR) is 158 cm³/mol. The van der Waals surface area contributed by atoms with Crippen LogP contribution in [-0.4, -0.2) is 50.9 Å². The van der Waals surface area contributed by atoms with Crippen LogP contribution in [0, 0.1) is 19.7 Å². The Morgan fingerprint density at radius 3 is 2.22 bits per heavy atom. The van der Waals surface area contributed by atoms with Crippen molar-refractivity contribution in [2.45, 2.75) is 64.6 Å². The molecular weight excluding hydrogens is 545 g/mol. The summed E-state index contributed by atoms with van der Waals surface area (Å²) in [6.07, 6.45) is 0.676. The lowest BCUT2D eigenvalue weighted by Crippen LogP contribution is -2.52. The molecule has 0 saturated carbocycles. The van der Waals surface area contributed by atoms with Gasteiger partial charge in [-0.25, -0.2) is 12.8 Å². The first-order valence-electron chi connectivity index (χ1n) is 13.5. The molecule has 3 rings (SSSR count). The molecule has 10 heteroatoms. The van der Waals surface area contributed by atoms with Crippen molar-refractivity contribution in [2.75, 3.05) is 18.0 Å². The number of hydrogen-bond acceptors (Lipinski definition) is 5. The topological polar surface area (TPSA) is 96.0 Å². The van der Waals surface area contributed by atoms with Crippen LogP contribution in [0.5, 0.6) is 5.75 Å². The number of ether oxygens (including phenoxy) is 1. The summed E-state index contributed by atoms with van der Waals surface area (Å²) in [6.45, 7) is 8.06. The SMILES string of the molecule is CC[C@H](C)NC(=O)[C@@H](C)N(Cc1ccccc1F)C(=O)CN(c1cc(C)ccc1OC)S(=O)(=O)c1ccc(C)cc1. The molecule has 0 bridgehead atoms. The molecule has 2 amide bonds. The van der Waals surface area contributed by atoms with Gasteiger partial charge in [0.15, 0.2) is 0 Å². The van der Waals surface area contributed by atoms with Crippen LogP contribution in [0.4, 0.5) is 10.1 Å². The van der Waals surface area contributed by atoms with Crippen LogP contribution in [0.1, 0.15) is 43.9 Å². The zero-order valence-electron chi connectivity index (χ0n) is 24.3. The van der Waals surface area contributed by atoms with E-state index < -0.39 is 40.2 Å². The van der Waals surface area contributed by atoms with Crippen LogP contribution in [0.3, 0.4) is 0 Å². The number of nitrogens with one attached hydrogen (secondary N) is 1. The lowest BCUT2D eigenvalue weighted by molar-refractivity contribution is -0.139. The van der Waals surface area contributed by atoms with Crippen molar-refractivity contribution in [3.63, 3.8) is 0 Å². The summed E-state index contributed by atoms with van der Waals surface area (Å²) in [5, 5.41) is 2.86. The van der Waals surface area contributed by atoms with Crippen molar-refractivity contribution in [1.29, 1.82) is 0 Å². The third-order valence-corrected chi connectivity index (χ3v) is 8.73. The Balaban J connectivity index is 2.11. The van der Waals surface area contributed by atoms with Crippen molar-refractivity contribution in [3.05, 3.63) is 89.2 Å². The molecule has 3 aromatic rings. The quantitative estimate of drug-likeness (QED) is 0.325. The minimum absolute atomic E-state index is 0.0114. The normalized spacial score (nSPS) is 12.8. The highest BCUT2D eigenvalue weighted by Gasteiger charge is 2.34. The number of carbonyl (C=O) groups excluding carboxylic acids is 2. The van der Waals surface area contributed by atoms with Crippen LogP contribution in [0.2, 0.25) is 0 Å². The summed E-state index contributed by atoms with van der Waals surface area (Å²) in [5.74, 6) is -1.39. The number of benzene rings is 3. The Labute approximate surface area is 242 Å². The number of nitrogens with zero attached hydrogens (tertiary/aromatic N) is 2. The molecule has 0 heterocycles. The highest BCUT2D eigenvalue weighted by Crippen LogP contribution is 2.34. The van der Waals surface area contributed by atoms with Crippen molar-refractivity contribution in [1.82, 2.24) is 10.2 Å². The highest BCUT2D eigenvalue weighted by atomic mass is 32.2. The minimum atomic E-state index is -4.27. The van der Waals surface area contributed by atoms with Gasteiger partial charge in [-0.15, -0.1) is 0 Å². The Hall–Kier alpha value is -3.92. The Kier molecular flexibility index (Phi) is 10.5. The maximum Gasteiger partial charge on any atom is 0.264 e. The average Bonchev–Trinajstić information content (AvgIpc) is 2.95. The molecule has 0 saturated heterocycles. The minimum Gasteiger partial charge on any atom is -0.495 e. The third-order valence-electron chi connectivity index (χ3n) is 6.96. The van der Waals surface area contributed by atoms with E-state index in [4.69, 9.17) is 4.74 Å². The van der Waals surface area contributed by atoms with Crippen molar-refractivity contribution in [2.24, 2.45) is 0 Å². The molecular formula is C31H38FN3O5S. The highest BCUT2D eigenvalue weighted by molar-refractivity contribution is 7.92. The molecule has 3 aromatic carbocycles. The molecule has 0 unspecified atom stereocenters.